The van der Waals surface area contributed by atoms with Crippen LogP contribution in [0, 0.1) is 5.92 Å². The van der Waals surface area contributed by atoms with Gasteiger partial charge in [-0.3, -0.25) is 0 Å². The van der Waals surface area contributed by atoms with Gasteiger partial charge in [0.2, 0.25) is 0 Å². The molecule has 1 saturated carbocycles. The summed E-state index contributed by atoms with van der Waals surface area (Å²) in [6, 6.07) is 0. The number of alkyl halides is 1. The smallest absolute Gasteiger partial charge is 0.0404 e. The zero-order valence-corrected chi connectivity index (χ0v) is 6.40. The van der Waals surface area contributed by atoms with Gasteiger partial charge in [-0.2, -0.15) is 0 Å². The van der Waals surface area contributed by atoms with Crippen molar-refractivity contribution < 1.29 is 0 Å². The Morgan fingerprint density at radius 2 is 2.11 bits per heavy atom. The van der Waals surface area contributed by atoms with E-state index in [1.165, 1.54) is 25.7 Å². The van der Waals surface area contributed by atoms with Gasteiger partial charge in [0.05, 0.1) is 0 Å². The molecule has 0 radical (unpaired) electrons. The van der Waals surface area contributed by atoms with Crippen LogP contribution in [0.3, 0.4) is 0 Å². The highest BCUT2D eigenvalue weighted by molar-refractivity contribution is 6.18. The Bertz CT molecular complexity index is 92.7. The topological polar surface area (TPSA) is 0 Å². The first-order chi connectivity index (χ1) is 4.43. The molecule has 1 aliphatic rings. The van der Waals surface area contributed by atoms with Gasteiger partial charge in [0.1, 0.15) is 0 Å². The fourth-order valence-corrected chi connectivity index (χ4v) is 1.21. The highest BCUT2D eigenvalue weighted by atomic mass is 35.5. The molecule has 0 spiro atoms. The molecule has 1 aliphatic carbocycles. The van der Waals surface area contributed by atoms with Crippen LogP contribution < -0.4 is 0 Å². The van der Waals surface area contributed by atoms with E-state index in [0.717, 1.165) is 5.92 Å². The van der Waals surface area contributed by atoms with E-state index in [-0.39, 0.29) is 0 Å². The van der Waals surface area contributed by atoms with Crippen molar-refractivity contribution in [1.82, 2.24) is 0 Å². The molecule has 0 aromatic heterocycles. The molecule has 0 N–H and O–H groups in total. The van der Waals surface area contributed by atoms with Gasteiger partial charge < -0.3 is 0 Å². The van der Waals surface area contributed by atoms with Crippen LogP contribution in [-0.4, -0.2) is 5.88 Å². The van der Waals surface area contributed by atoms with Gasteiger partial charge >= 0.3 is 0 Å². The lowest BCUT2D eigenvalue weighted by Gasteiger charge is -2.23. The summed E-state index contributed by atoms with van der Waals surface area (Å²) in [7, 11) is 0. The quantitative estimate of drug-likeness (QED) is 0.422. The van der Waals surface area contributed by atoms with Gasteiger partial charge in [0, 0.05) is 5.88 Å². The van der Waals surface area contributed by atoms with Crippen LogP contribution >= 0.6 is 11.6 Å². The second kappa shape index (κ2) is 3.94. The summed E-state index contributed by atoms with van der Waals surface area (Å²) >= 11 is 5.46. The lowest BCUT2D eigenvalue weighted by Crippen LogP contribution is -2.08. The highest BCUT2D eigenvalue weighted by Gasteiger charge is 2.14. The van der Waals surface area contributed by atoms with E-state index in [1.54, 1.807) is 0 Å². The number of rotatable bonds is 3. The SMILES string of the molecule is ClCC=CCC1CCC1. The van der Waals surface area contributed by atoms with Crippen LogP contribution in [0.25, 0.3) is 0 Å². The zero-order valence-electron chi connectivity index (χ0n) is 5.65. The molecule has 9 heavy (non-hydrogen) atoms. The lowest BCUT2D eigenvalue weighted by molar-refractivity contribution is 0.319. The van der Waals surface area contributed by atoms with E-state index < -0.39 is 0 Å². The number of hydrogen-bond donors (Lipinski definition) is 0. The van der Waals surface area contributed by atoms with Crippen molar-refractivity contribution in [3.63, 3.8) is 0 Å². The van der Waals surface area contributed by atoms with E-state index >= 15 is 0 Å². The molecule has 1 heteroatoms. The molecule has 0 unspecified atom stereocenters. The molecule has 0 aromatic carbocycles. The first-order valence-electron chi connectivity index (χ1n) is 3.64. The number of hydrogen-bond acceptors (Lipinski definition) is 0. The van der Waals surface area contributed by atoms with Crippen LogP contribution in [-0.2, 0) is 0 Å². The van der Waals surface area contributed by atoms with Crippen molar-refractivity contribution in [2.75, 3.05) is 5.88 Å². The van der Waals surface area contributed by atoms with Crippen molar-refractivity contribution in [1.29, 1.82) is 0 Å². The third-order valence-electron chi connectivity index (χ3n) is 1.95. The summed E-state index contributed by atoms with van der Waals surface area (Å²) in [5.74, 6) is 1.66. The molecule has 0 aliphatic heterocycles. The molecule has 0 aromatic rings. The van der Waals surface area contributed by atoms with Crippen LogP contribution in [0.15, 0.2) is 12.2 Å². The van der Waals surface area contributed by atoms with Crippen LogP contribution in [0.2, 0.25) is 0 Å². The first-order valence-corrected chi connectivity index (χ1v) is 4.18. The van der Waals surface area contributed by atoms with Crippen molar-refractivity contribution in [2.45, 2.75) is 25.7 Å². The predicted octanol–water partition coefficient (Wildman–Crippen LogP) is 2.97. The van der Waals surface area contributed by atoms with Gasteiger partial charge in [-0.05, 0) is 12.3 Å². The average Bonchev–Trinajstić information content (AvgIpc) is 1.76. The van der Waals surface area contributed by atoms with Crippen LogP contribution in [0.1, 0.15) is 25.7 Å². The number of allylic oxidation sites excluding steroid dienone is 2. The molecule has 0 amide bonds. The van der Waals surface area contributed by atoms with Gasteiger partial charge in [0.25, 0.3) is 0 Å². The van der Waals surface area contributed by atoms with Gasteiger partial charge in [-0.15, -0.1) is 11.6 Å². The van der Waals surface area contributed by atoms with Gasteiger partial charge in [0.15, 0.2) is 0 Å². The minimum absolute atomic E-state index is 0.673. The molecule has 1 fully saturated rings. The molecule has 0 saturated heterocycles. The fourth-order valence-electron chi connectivity index (χ4n) is 1.08. The Hall–Kier alpha value is 0.0300. The Labute approximate surface area is 61.9 Å². The Kier molecular flexibility index (Phi) is 3.13. The Morgan fingerprint density at radius 1 is 1.33 bits per heavy atom. The zero-order chi connectivity index (χ0) is 6.53. The maximum atomic E-state index is 5.46. The van der Waals surface area contributed by atoms with Crippen molar-refractivity contribution in [3.05, 3.63) is 12.2 Å². The maximum Gasteiger partial charge on any atom is 0.0404 e. The van der Waals surface area contributed by atoms with Crippen molar-refractivity contribution in [3.8, 4) is 0 Å². The van der Waals surface area contributed by atoms with E-state index in [2.05, 4.69) is 6.08 Å². The third-order valence-corrected chi connectivity index (χ3v) is 2.13. The Morgan fingerprint density at radius 3 is 2.56 bits per heavy atom. The van der Waals surface area contributed by atoms with Crippen molar-refractivity contribution >= 4 is 11.6 Å². The van der Waals surface area contributed by atoms with E-state index in [4.69, 9.17) is 11.6 Å². The predicted molar refractivity (Wildman–Crippen MR) is 41.8 cm³/mol. The molecule has 52 valence electrons. The summed E-state index contributed by atoms with van der Waals surface area (Å²) in [4.78, 5) is 0. The molecular weight excluding hydrogens is 132 g/mol. The van der Waals surface area contributed by atoms with Crippen LogP contribution in [0.4, 0.5) is 0 Å². The van der Waals surface area contributed by atoms with E-state index in [1.807, 2.05) is 6.08 Å². The van der Waals surface area contributed by atoms with Gasteiger partial charge in [-0.25, -0.2) is 0 Å². The summed E-state index contributed by atoms with van der Waals surface area (Å²) in [5.41, 5.74) is 0. The molecular formula is C8H13Cl. The molecule has 1 rings (SSSR count). The fraction of sp³-hybridized carbons (Fsp3) is 0.750. The minimum Gasteiger partial charge on any atom is -0.122 e. The monoisotopic (exact) mass is 144 g/mol. The highest BCUT2D eigenvalue weighted by Crippen LogP contribution is 2.29. The van der Waals surface area contributed by atoms with E-state index in [9.17, 15) is 0 Å². The van der Waals surface area contributed by atoms with E-state index in [0.29, 0.717) is 5.88 Å². The summed E-state index contributed by atoms with van der Waals surface area (Å²) in [6.45, 7) is 0. The largest absolute Gasteiger partial charge is 0.122 e. The second-order valence-electron chi connectivity index (χ2n) is 2.66. The molecule has 0 nitrogen and oxygen atoms in total. The standard InChI is InChI=1S/C8H13Cl/c9-7-2-1-4-8-5-3-6-8/h1-2,8H,3-7H2. The second-order valence-corrected chi connectivity index (χ2v) is 2.97. The van der Waals surface area contributed by atoms with Gasteiger partial charge in [-0.1, -0.05) is 31.4 Å². The summed E-state index contributed by atoms with van der Waals surface area (Å²) in [5, 5.41) is 0. The summed E-state index contributed by atoms with van der Waals surface area (Å²) in [6.07, 6.45) is 9.82. The maximum absolute atomic E-state index is 5.46. The molecule has 0 heterocycles. The summed E-state index contributed by atoms with van der Waals surface area (Å²) < 4.78 is 0. The van der Waals surface area contributed by atoms with Crippen molar-refractivity contribution in [2.24, 2.45) is 5.92 Å². The minimum atomic E-state index is 0.673. The molecule has 0 bridgehead atoms. The number of halogens is 1. The normalized spacial score (nSPS) is 20.6. The lowest BCUT2D eigenvalue weighted by atomic mass is 9.83. The average molecular weight is 145 g/mol. The first kappa shape index (κ1) is 7.14. The molecule has 0 atom stereocenters. The Balaban J connectivity index is 1.97. The third kappa shape index (κ3) is 2.40. The van der Waals surface area contributed by atoms with Crippen LogP contribution in [0.5, 0.6) is 0 Å².